The maximum atomic E-state index is 13.7. The maximum Gasteiger partial charge on any atom is 0.404 e. The second-order valence-corrected chi connectivity index (χ2v) is 14.2. The summed E-state index contributed by atoms with van der Waals surface area (Å²) in [7, 11) is -3.73. The molecule has 0 saturated heterocycles. The van der Waals surface area contributed by atoms with Crippen molar-refractivity contribution in [2.45, 2.75) is 43.0 Å². The molecule has 1 atom stereocenters. The van der Waals surface area contributed by atoms with E-state index in [1.807, 2.05) is 24.3 Å². The minimum Gasteiger partial charge on any atom is -0.465 e. The van der Waals surface area contributed by atoms with Gasteiger partial charge in [0.15, 0.2) is 5.82 Å². The van der Waals surface area contributed by atoms with Crippen LogP contribution in [0.5, 0.6) is 0 Å². The Morgan fingerprint density at radius 2 is 1.52 bits per heavy atom. The highest BCUT2D eigenvalue weighted by molar-refractivity contribution is 7.89. The number of halogens is 1. The maximum absolute atomic E-state index is 13.7. The first-order chi connectivity index (χ1) is 24.0. The van der Waals surface area contributed by atoms with E-state index in [1.165, 1.54) is 12.1 Å². The van der Waals surface area contributed by atoms with Crippen LogP contribution in [0.15, 0.2) is 77.7 Å². The van der Waals surface area contributed by atoms with Gasteiger partial charge in [-0.05, 0) is 96.3 Å². The predicted octanol–water partition coefficient (Wildman–Crippen LogP) is 3.80. The molecule has 264 valence electrons. The molecule has 0 aliphatic heterocycles. The Balaban J connectivity index is 1.27. The number of nitrogens with one attached hydrogen (secondary N) is 5. The molecule has 1 fully saturated rings. The van der Waals surface area contributed by atoms with E-state index in [9.17, 15) is 22.8 Å². The molecule has 4 aromatic rings. The fourth-order valence-electron chi connectivity index (χ4n) is 5.82. The summed E-state index contributed by atoms with van der Waals surface area (Å²) in [5.74, 6) is -0.362. The molecule has 1 aliphatic rings. The van der Waals surface area contributed by atoms with Crippen LogP contribution in [0, 0.1) is 11.8 Å². The van der Waals surface area contributed by atoms with Crippen molar-refractivity contribution in [2.24, 2.45) is 11.8 Å². The zero-order chi connectivity index (χ0) is 35.7. The Morgan fingerprint density at radius 3 is 2.10 bits per heavy atom. The number of nitrogens with zero attached hydrogens (tertiary/aromatic N) is 2. The molecule has 0 spiro atoms. The van der Waals surface area contributed by atoms with E-state index in [0.29, 0.717) is 49.3 Å². The van der Waals surface area contributed by atoms with Crippen molar-refractivity contribution < 1.29 is 33.0 Å². The fourth-order valence-corrected chi connectivity index (χ4v) is 6.96. The van der Waals surface area contributed by atoms with Crippen LogP contribution in [0.25, 0.3) is 22.5 Å². The molecule has 0 unspecified atom stereocenters. The third-order valence-corrected chi connectivity index (χ3v) is 10.2. The molecule has 3 amide bonds. The lowest BCUT2D eigenvalue weighted by Crippen LogP contribution is -2.48. The van der Waals surface area contributed by atoms with Gasteiger partial charge >= 0.3 is 6.09 Å². The van der Waals surface area contributed by atoms with Crippen LogP contribution in [0.4, 0.5) is 10.5 Å². The van der Waals surface area contributed by atoms with Crippen LogP contribution < -0.4 is 20.7 Å². The number of aliphatic hydroxyl groups is 1. The summed E-state index contributed by atoms with van der Waals surface area (Å²) in [5.41, 5.74) is 3.61. The van der Waals surface area contributed by atoms with E-state index >= 15 is 0 Å². The first-order valence-electron chi connectivity index (χ1n) is 16.1. The summed E-state index contributed by atoms with van der Waals surface area (Å²) in [6.45, 7) is -0.0412. The molecule has 50 heavy (non-hydrogen) atoms. The van der Waals surface area contributed by atoms with Crippen molar-refractivity contribution in [1.29, 1.82) is 0 Å². The van der Waals surface area contributed by atoms with Crippen molar-refractivity contribution in [1.82, 2.24) is 30.5 Å². The number of hydrogen-bond acceptors (Lipinski definition) is 8. The van der Waals surface area contributed by atoms with Gasteiger partial charge in [-0.1, -0.05) is 36.4 Å². The second kappa shape index (κ2) is 16.7. The molecule has 1 aliphatic carbocycles. The average molecular weight is 724 g/mol. The van der Waals surface area contributed by atoms with Gasteiger partial charge in [0.1, 0.15) is 6.04 Å². The SMILES string of the molecule is O=C(O)NCC1CCC(C(=O)N[C@@H](Cc2ccc(-c3ccc(S(=O)(=O)NCCO)cc3)cc2)C(=O)Nc2ccc(-c3n[nH]c(Cl)n3)cc2)CC1. The van der Waals surface area contributed by atoms with Gasteiger partial charge in [0.25, 0.3) is 0 Å². The number of benzene rings is 3. The number of amides is 3. The summed E-state index contributed by atoms with van der Waals surface area (Å²) >= 11 is 5.84. The zero-order valence-electron chi connectivity index (χ0n) is 26.9. The van der Waals surface area contributed by atoms with E-state index in [0.717, 1.165) is 16.7 Å². The molecule has 1 aromatic heterocycles. The summed E-state index contributed by atoms with van der Waals surface area (Å²) in [6.07, 6.45) is 1.71. The molecule has 1 saturated carbocycles. The number of aromatic amines is 1. The highest BCUT2D eigenvalue weighted by Crippen LogP contribution is 2.29. The summed E-state index contributed by atoms with van der Waals surface area (Å²) in [6, 6.07) is 19.8. The molecule has 5 rings (SSSR count). The van der Waals surface area contributed by atoms with E-state index < -0.39 is 28.1 Å². The topological polar surface area (TPSA) is 216 Å². The summed E-state index contributed by atoms with van der Waals surface area (Å²) in [5, 5.41) is 32.9. The van der Waals surface area contributed by atoms with Crippen LogP contribution in [-0.4, -0.2) is 77.5 Å². The number of anilines is 1. The molecule has 3 aromatic carbocycles. The zero-order valence-corrected chi connectivity index (χ0v) is 28.5. The van der Waals surface area contributed by atoms with Crippen molar-refractivity contribution in [3.05, 3.63) is 83.6 Å². The number of rotatable bonds is 14. The summed E-state index contributed by atoms with van der Waals surface area (Å²) < 4.78 is 27.0. The second-order valence-electron chi connectivity index (χ2n) is 12.0. The predicted molar refractivity (Wildman–Crippen MR) is 187 cm³/mol. The molecular weight excluding hydrogens is 686 g/mol. The van der Waals surface area contributed by atoms with Crippen LogP contribution in [0.1, 0.15) is 31.2 Å². The van der Waals surface area contributed by atoms with E-state index in [-0.39, 0.29) is 47.5 Å². The first-order valence-corrected chi connectivity index (χ1v) is 17.9. The Kier molecular flexibility index (Phi) is 12.2. The largest absolute Gasteiger partial charge is 0.465 e. The Hall–Kier alpha value is -4.83. The number of carbonyl (C=O) groups excluding carboxylic acids is 2. The standard InChI is InChI=1S/C34H38ClN7O7S/c35-33-40-30(41-42-33)25-9-13-27(14-10-25)38-32(45)29(39-31(44)26-7-3-22(4-8-26)20-36-34(46)47)19-21-1-5-23(6-2-21)24-11-15-28(16-12-24)50(48,49)37-17-18-43/h1-2,5-6,9-16,22,26,29,36-37,43H,3-4,7-8,17-20H2,(H,38,45)(H,39,44)(H,46,47)(H,40,41,42)/t22?,26?,29-/m0/s1. The molecule has 1 heterocycles. The van der Waals surface area contributed by atoms with Gasteiger partial charge < -0.3 is 26.2 Å². The quantitative estimate of drug-likeness (QED) is 0.101. The Bertz CT molecular complexity index is 1880. The monoisotopic (exact) mass is 723 g/mol. The number of sulfonamides is 1. The lowest BCUT2D eigenvalue weighted by atomic mass is 9.81. The lowest BCUT2D eigenvalue weighted by Gasteiger charge is -2.29. The normalized spacial score (nSPS) is 16.7. The highest BCUT2D eigenvalue weighted by Gasteiger charge is 2.30. The average Bonchev–Trinajstić information content (AvgIpc) is 3.56. The van der Waals surface area contributed by atoms with E-state index in [4.69, 9.17) is 21.8 Å². The van der Waals surface area contributed by atoms with Gasteiger partial charge in [0.2, 0.25) is 27.1 Å². The van der Waals surface area contributed by atoms with Crippen molar-refractivity contribution in [3.8, 4) is 22.5 Å². The van der Waals surface area contributed by atoms with Crippen LogP contribution >= 0.6 is 11.6 Å². The number of H-pyrrole nitrogens is 1. The van der Waals surface area contributed by atoms with Crippen molar-refractivity contribution in [2.75, 3.05) is 25.0 Å². The first kappa shape index (κ1) is 36.5. The van der Waals surface area contributed by atoms with Crippen LogP contribution in [0.2, 0.25) is 5.28 Å². The number of aromatic nitrogens is 3. The molecular formula is C34H38ClN7O7S. The number of carbonyl (C=O) groups is 3. The third kappa shape index (κ3) is 9.88. The number of hydrogen-bond donors (Lipinski definition) is 7. The fraction of sp³-hybridized carbons (Fsp3) is 0.324. The Labute approximate surface area is 294 Å². The minimum absolute atomic E-state index is 0.0793. The minimum atomic E-state index is -3.73. The van der Waals surface area contributed by atoms with Gasteiger partial charge in [-0.3, -0.25) is 9.59 Å². The van der Waals surface area contributed by atoms with E-state index in [1.54, 1.807) is 36.4 Å². The van der Waals surface area contributed by atoms with E-state index in [2.05, 4.69) is 35.9 Å². The van der Waals surface area contributed by atoms with Crippen LogP contribution in [-0.2, 0) is 26.0 Å². The number of carboxylic acid groups (broad SMARTS) is 1. The van der Waals surface area contributed by atoms with Gasteiger partial charge in [-0.15, -0.1) is 0 Å². The summed E-state index contributed by atoms with van der Waals surface area (Å²) in [4.78, 5) is 42.1. The van der Waals surface area contributed by atoms with Gasteiger partial charge in [-0.2, -0.15) is 10.1 Å². The van der Waals surface area contributed by atoms with Gasteiger partial charge in [-0.25, -0.2) is 23.0 Å². The van der Waals surface area contributed by atoms with Gasteiger partial charge in [0, 0.05) is 36.7 Å². The Morgan fingerprint density at radius 1 is 0.900 bits per heavy atom. The molecule has 0 radical (unpaired) electrons. The highest BCUT2D eigenvalue weighted by atomic mass is 35.5. The van der Waals surface area contributed by atoms with Crippen molar-refractivity contribution >= 4 is 45.2 Å². The van der Waals surface area contributed by atoms with Gasteiger partial charge in [0.05, 0.1) is 11.5 Å². The number of aliphatic hydroxyl groups excluding tert-OH is 1. The lowest BCUT2D eigenvalue weighted by molar-refractivity contribution is -0.130. The van der Waals surface area contributed by atoms with Crippen molar-refractivity contribution in [3.63, 3.8) is 0 Å². The molecule has 0 bridgehead atoms. The molecule has 14 nitrogen and oxygen atoms in total. The smallest absolute Gasteiger partial charge is 0.404 e. The third-order valence-electron chi connectivity index (χ3n) is 8.56. The van der Waals surface area contributed by atoms with Crippen LogP contribution in [0.3, 0.4) is 0 Å². The molecule has 7 N–H and O–H groups in total. The molecule has 16 heteroatoms.